The van der Waals surface area contributed by atoms with Gasteiger partial charge in [0.15, 0.2) is 6.29 Å². The van der Waals surface area contributed by atoms with Crippen LogP contribution in [0.4, 0.5) is 0 Å². The van der Waals surface area contributed by atoms with Gasteiger partial charge in [0, 0.05) is 30.3 Å². The van der Waals surface area contributed by atoms with Crippen LogP contribution in [-0.4, -0.2) is 29.3 Å². The first-order valence-corrected chi connectivity index (χ1v) is 6.76. The Hall–Kier alpha value is -0.810. The van der Waals surface area contributed by atoms with E-state index in [1.165, 1.54) is 5.69 Å². The standard InChI is InChI=1S/C11H14N2O2S/c14-5-10-9-6-16-7-11(9)13(12-10)8-1-3-15-4-2-8/h5,8H,1-4,6-7H2. The van der Waals surface area contributed by atoms with Crippen molar-refractivity contribution in [1.29, 1.82) is 0 Å². The van der Waals surface area contributed by atoms with E-state index >= 15 is 0 Å². The number of thioether (sulfide) groups is 1. The first-order chi connectivity index (χ1) is 7.90. The lowest BCUT2D eigenvalue weighted by molar-refractivity contribution is 0.0655. The predicted octanol–water partition coefficient (Wildman–Crippen LogP) is 1.79. The van der Waals surface area contributed by atoms with Gasteiger partial charge >= 0.3 is 0 Å². The van der Waals surface area contributed by atoms with Crippen molar-refractivity contribution in [2.45, 2.75) is 30.4 Å². The van der Waals surface area contributed by atoms with Gasteiger partial charge in [-0.3, -0.25) is 9.48 Å². The molecule has 3 heterocycles. The third kappa shape index (κ3) is 1.58. The molecule has 0 atom stereocenters. The fraction of sp³-hybridized carbons (Fsp3) is 0.636. The lowest BCUT2D eigenvalue weighted by Crippen LogP contribution is -2.21. The monoisotopic (exact) mass is 238 g/mol. The minimum Gasteiger partial charge on any atom is -0.381 e. The molecule has 1 saturated heterocycles. The molecule has 0 spiro atoms. The zero-order valence-corrected chi connectivity index (χ0v) is 9.83. The molecule has 2 aliphatic heterocycles. The average Bonchev–Trinajstić information content (AvgIpc) is 2.91. The van der Waals surface area contributed by atoms with Crippen LogP contribution in [0.25, 0.3) is 0 Å². The van der Waals surface area contributed by atoms with E-state index in [4.69, 9.17) is 4.74 Å². The maximum absolute atomic E-state index is 11.0. The van der Waals surface area contributed by atoms with Crippen molar-refractivity contribution in [3.63, 3.8) is 0 Å². The number of aldehydes is 1. The van der Waals surface area contributed by atoms with E-state index in [1.54, 1.807) is 0 Å². The fourth-order valence-electron chi connectivity index (χ4n) is 2.41. The summed E-state index contributed by atoms with van der Waals surface area (Å²) >= 11 is 1.87. The van der Waals surface area contributed by atoms with Crippen LogP contribution in [0.3, 0.4) is 0 Å². The topological polar surface area (TPSA) is 44.1 Å². The largest absolute Gasteiger partial charge is 0.381 e. The van der Waals surface area contributed by atoms with Crippen LogP contribution in [0.15, 0.2) is 0 Å². The van der Waals surface area contributed by atoms with Gasteiger partial charge in [0.2, 0.25) is 0 Å². The molecule has 1 fully saturated rings. The molecule has 5 heteroatoms. The van der Waals surface area contributed by atoms with E-state index in [9.17, 15) is 4.79 Å². The molecule has 3 rings (SSSR count). The third-order valence-electron chi connectivity index (χ3n) is 3.28. The second kappa shape index (κ2) is 4.22. The summed E-state index contributed by atoms with van der Waals surface area (Å²) in [7, 11) is 0. The van der Waals surface area contributed by atoms with E-state index in [0.29, 0.717) is 11.7 Å². The summed E-state index contributed by atoms with van der Waals surface area (Å²) in [5, 5.41) is 4.45. The Morgan fingerprint density at radius 1 is 1.38 bits per heavy atom. The quantitative estimate of drug-likeness (QED) is 0.737. The van der Waals surface area contributed by atoms with Crippen LogP contribution in [-0.2, 0) is 16.2 Å². The molecule has 4 nitrogen and oxygen atoms in total. The van der Waals surface area contributed by atoms with E-state index in [1.807, 2.05) is 11.8 Å². The highest BCUT2D eigenvalue weighted by Crippen LogP contribution is 2.35. The molecular weight excluding hydrogens is 224 g/mol. The van der Waals surface area contributed by atoms with Crippen molar-refractivity contribution in [2.75, 3.05) is 13.2 Å². The summed E-state index contributed by atoms with van der Waals surface area (Å²) in [4.78, 5) is 11.0. The number of hydrogen-bond donors (Lipinski definition) is 0. The minimum atomic E-state index is 0.426. The number of nitrogens with zero attached hydrogens (tertiary/aromatic N) is 2. The van der Waals surface area contributed by atoms with Crippen LogP contribution >= 0.6 is 11.8 Å². The molecule has 1 aromatic rings. The summed E-state index contributed by atoms with van der Waals surface area (Å²) in [6, 6.07) is 0.426. The molecule has 86 valence electrons. The Labute approximate surface area is 98.3 Å². The summed E-state index contributed by atoms with van der Waals surface area (Å²) in [5.74, 6) is 1.93. The van der Waals surface area contributed by atoms with Crippen LogP contribution in [0.1, 0.15) is 40.6 Å². The molecule has 0 amide bonds. The lowest BCUT2D eigenvalue weighted by Gasteiger charge is -2.23. The van der Waals surface area contributed by atoms with Crippen LogP contribution in [0.5, 0.6) is 0 Å². The normalized spacial score (nSPS) is 21.0. The Kier molecular flexibility index (Phi) is 2.73. The molecule has 1 aromatic heterocycles. The molecule has 0 aromatic carbocycles. The molecule has 16 heavy (non-hydrogen) atoms. The van der Waals surface area contributed by atoms with Gasteiger partial charge in [-0.2, -0.15) is 16.9 Å². The van der Waals surface area contributed by atoms with Gasteiger partial charge in [0.05, 0.1) is 11.7 Å². The predicted molar refractivity (Wildman–Crippen MR) is 61.7 cm³/mol. The highest BCUT2D eigenvalue weighted by molar-refractivity contribution is 7.98. The van der Waals surface area contributed by atoms with E-state index < -0.39 is 0 Å². The third-order valence-corrected chi connectivity index (χ3v) is 4.25. The Morgan fingerprint density at radius 2 is 2.19 bits per heavy atom. The van der Waals surface area contributed by atoms with Crippen molar-refractivity contribution < 1.29 is 9.53 Å². The number of hydrogen-bond acceptors (Lipinski definition) is 4. The van der Waals surface area contributed by atoms with Crippen molar-refractivity contribution in [3.8, 4) is 0 Å². The van der Waals surface area contributed by atoms with Gasteiger partial charge in [0.1, 0.15) is 5.69 Å². The van der Waals surface area contributed by atoms with Gasteiger partial charge in [-0.15, -0.1) is 0 Å². The molecule has 0 saturated carbocycles. The van der Waals surface area contributed by atoms with Gasteiger partial charge in [-0.05, 0) is 12.8 Å². The molecule has 0 bridgehead atoms. The zero-order chi connectivity index (χ0) is 11.0. The molecule has 2 aliphatic rings. The molecule has 0 aliphatic carbocycles. The van der Waals surface area contributed by atoms with Crippen molar-refractivity contribution in [3.05, 3.63) is 17.0 Å². The summed E-state index contributed by atoms with van der Waals surface area (Å²) < 4.78 is 7.44. The SMILES string of the molecule is O=Cc1nn(C2CCOCC2)c2c1CSC2. The smallest absolute Gasteiger partial charge is 0.170 e. The maximum Gasteiger partial charge on any atom is 0.170 e. The lowest BCUT2D eigenvalue weighted by atomic mass is 10.1. The zero-order valence-electron chi connectivity index (χ0n) is 9.02. The Balaban J connectivity index is 1.97. The fourth-order valence-corrected chi connectivity index (χ4v) is 3.53. The molecular formula is C11H14N2O2S. The van der Waals surface area contributed by atoms with E-state index in [-0.39, 0.29) is 0 Å². The van der Waals surface area contributed by atoms with Crippen molar-refractivity contribution in [2.24, 2.45) is 0 Å². The molecule has 0 radical (unpaired) electrons. The number of ether oxygens (including phenoxy) is 1. The van der Waals surface area contributed by atoms with Crippen molar-refractivity contribution in [1.82, 2.24) is 9.78 Å². The minimum absolute atomic E-state index is 0.426. The number of aromatic nitrogens is 2. The number of rotatable bonds is 2. The average molecular weight is 238 g/mol. The van der Waals surface area contributed by atoms with Crippen LogP contribution < -0.4 is 0 Å². The summed E-state index contributed by atoms with van der Waals surface area (Å²) in [5.41, 5.74) is 3.07. The van der Waals surface area contributed by atoms with Crippen LogP contribution in [0, 0.1) is 0 Å². The second-order valence-electron chi connectivity index (χ2n) is 4.21. The van der Waals surface area contributed by atoms with Gasteiger partial charge in [-0.1, -0.05) is 0 Å². The van der Waals surface area contributed by atoms with Crippen molar-refractivity contribution >= 4 is 18.0 Å². The maximum atomic E-state index is 11.0. The first-order valence-electron chi connectivity index (χ1n) is 5.61. The van der Waals surface area contributed by atoms with Gasteiger partial charge in [-0.25, -0.2) is 0 Å². The van der Waals surface area contributed by atoms with E-state index in [2.05, 4.69) is 9.78 Å². The highest BCUT2D eigenvalue weighted by Gasteiger charge is 2.27. The summed E-state index contributed by atoms with van der Waals surface area (Å²) in [6.45, 7) is 1.62. The van der Waals surface area contributed by atoms with Gasteiger partial charge < -0.3 is 4.74 Å². The highest BCUT2D eigenvalue weighted by atomic mass is 32.2. The molecule has 0 unspecified atom stereocenters. The summed E-state index contributed by atoms with van der Waals surface area (Å²) in [6.07, 6.45) is 2.91. The number of carbonyl (C=O) groups is 1. The van der Waals surface area contributed by atoms with E-state index in [0.717, 1.165) is 49.4 Å². The number of fused-ring (bicyclic) bond motifs is 1. The molecule has 0 N–H and O–H groups in total. The first kappa shape index (κ1) is 10.4. The Morgan fingerprint density at radius 3 is 2.94 bits per heavy atom. The second-order valence-corrected chi connectivity index (χ2v) is 5.19. The van der Waals surface area contributed by atoms with Crippen LogP contribution in [0.2, 0.25) is 0 Å². The Bertz CT molecular complexity index is 410. The number of carbonyl (C=O) groups excluding carboxylic acids is 1. The van der Waals surface area contributed by atoms with Gasteiger partial charge in [0.25, 0.3) is 0 Å².